The molecule has 1 fully saturated rings. The van der Waals surface area contributed by atoms with Crippen molar-refractivity contribution in [2.45, 2.75) is 11.7 Å². The number of hydrogen-bond donors (Lipinski definition) is 2. The lowest BCUT2D eigenvalue weighted by Gasteiger charge is -2.18. The molecule has 2 rings (SSSR count). The number of rotatable bonds is 3. The number of nitrogens with zero attached hydrogens (tertiary/aromatic N) is 2. The van der Waals surface area contributed by atoms with Gasteiger partial charge in [0.2, 0.25) is 15.9 Å². The van der Waals surface area contributed by atoms with E-state index in [4.69, 9.17) is 10.9 Å². The summed E-state index contributed by atoms with van der Waals surface area (Å²) in [6.45, 7) is -0.111. The Balaban J connectivity index is 2.33. The maximum Gasteiger partial charge on any atom is 0.271 e. The molecule has 1 saturated heterocycles. The van der Waals surface area contributed by atoms with Crippen LogP contribution in [0.15, 0.2) is 18.2 Å². The van der Waals surface area contributed by atoms with Crippen LogP contribution >= 0.6 is 0 Å². The molecular formula is C10H12N4O5S. The number of carbonyl (C=O) groups is 1. The van der Waals surface area contributed by atoms with Crippen LogP contribution in [-0.4, -0.2) is 31.0 Å². The Hall–Kier alpha value is -2.20. The molecule has 0 aliphatic carbocycles. The molecule has 4 N–H and O–H groups in total. The van der Waals surface area contributed by atoms with Crippen LogP contribution in [0.4, 0.5) is 17.1 Å². The van der Waals surface area contributed by atoms with Crippen molar-refractivity contribution in [3.63, 3.8) is 0 Å². The summed E-state index contributed by atoms with van der Waals surface area (Å²) in [6.07, 6.45) is -0.227. The van der Waals surface area contributed by atoms with Gasteiger partial charge >= 0.3 is 0 Å². The molecule has 1 unspecified atom stereocenters. The molecule has 1 atom stereocenters. The summed E-state index contributed by atoms with van der Waals surface area (Å²) in [7, 11) is -3.82. The highest BCUT2D eigenvalue weighted by Crippen LogP contribution is 2.31. The quantitative estimate of drug-likeness (QED) is 0.439. The van der Waals surface area contributed by atoms with Crippen molar-refractivity contribution >= 4 is 33.0 Å². The molecular weight excluding hydrogens is 288 g/mol. The molecule has 108 valence electrons. The Bertz CT molecular complexity index is 687. The van der Waals surface area contributed by atoms with Crippen molar-refractivity contribution in [2.24, 2.45) is 5.14 Å². The van der Waals surface area contributed by atoms with Crippen molar-refractivity contribution in [3.8, 4) is 0 Å². The van der Waals surface area contributed by atoms with Crippen molar-refractivity contribution in [2.75, 3.05) is 17.2 Å². The fourth-order valence-electron chi connectivity index (χ4n) is 2.03. The van der Waals surface area contributed by atoms with E-state index in [1.165, 1.54) is 17.0 Å². The van der Waals surface area contributed by atoms with Crippen LogP contribution in [0.2, 0.25) is 0 Å². The van der Waals surface area contributed by atoms with Gasteiger partial charge in [0.25, 0.3) is 5.69 Å². The third-order valence-corrected chi connectivity index (χ3v) is 4.31. The second-order valence-corrected chi connectivity index (χ2v) is 6.26. The highest BCUT2D eigenvalue weighted by Gasteiger charge is 2.37. The molecule has 9 nitrogen and oxygen atoms in total. The Morgan fingerprint density at radius 1 is 1.40 bits per heavy atom. The normalized spacial score (nSPS) is 19.4. The number of anilines is 2. The van der Waals surface area contributed by atoms with Crippen LogP contribution in [0.3, 0.4) is 0 Å². The minimum atomic E-state index is -3.82. The molecule has 1 aromatic rings. The number of nitro benzene ring substituents is 1. The summed E-state index contributed by atoms with van der Waals surface area (Å²) < 4.78 is 22.5. The summed E-state index contributed by atoms with van der Waals surface area (Å²) in [5.74, 6) is -0.440. The zero-order valence-corrected chi connectivity index (χ0v) is 11.0. The molecule has 0 spiro atoms. The van der Waals surface area contributed by atoms with E-state index in [2.05, 4.69) is 0 Å². The first kappa shape index (κ1) is 14.2. The van der Waals surface area contributed by atoms with Gasteiger partial charge in [-0.2, -0.15) is 0 Å². The smallest absolute Gasteiger partial charge is 0.271 e. The lowest BCUT2D eigenvalue weighted by atomic mass is 10.2. The van der Waals surface area contributed by atoms with Gasteiger partial charge in [-0.05, 0) is 6.07 Å². The maximum atomic E-state index is 11.8. The third kappa shape index (κ3) is 2.56. The lowest BCUT2D eigenvalue weighted by Crippen LogP contribution is -2.32. The van der Waals surface area contributed by atoms with Crippen LogP contribution in [-0.2, 0) is 14.8 Å². The van der Waals surface area contributed by atoms with Gasteiger partial charge in [-0.25, -0.2) is 13.6 Å². The summed E-state index contributed by atoms with van der Waals surface area (Å²) >= 11 is 0. The van der Waals surface area contributed by atoms with Crippen LogP contribution in [0.1, 0.15) is 6.42 Å². The van der Waals surface area contributed by atoms with Gasteiger partial charge in [-0.1, -0.05) is 0 Å². The van der Waals surface area contributed by atoms with Crippen molar-refractivity contribution in [1.29, 1.82) is 0 Å². The first-order valence-electron chi connectivity index (χ1n) is 5.56. The van der Waals surface area contributed by atoms with E-state index < -0.39 is 26.1 Å². The average molecular weight is 300 g/mol. The van der Waals surface area contributed by atoms with Crippen LogP contribution < -0.4 is 15.8 Å². The van der Waals surface area contributed by atoms with Gasteiger partial charge in [0.05, 0.1) is 16.3 Å². The first-order valence-corrected chi connectivity index (χ1v) is 7.17. The maximum absolute atomic E-state index is 11.8. The summed E-state index contributed by atoms with van der Waals surface area (Å²) in [5.41, 5.74) is 5.74. The first-order chi connectivity index (χ1) is 9.20. The van der Waals surface area contributed by atoms with Gasteiger partial charge in [-0.15, -0.1) is 0 Å². The summed E-state index contributed by atoms with van der Waals surface area (Å²) in [4.78, 5) is 23.0. The number of sulfonamides is 1. The fraction of sp³-hybridized carbons (Fsp3) is 0.300. The van der Waals surface area contributed by atoms with E-state index in [9.17, 15) is 23.3 Å². The minimum Gasteiger partial charge on any atom is -0.397 e. The number of hydrogen-bond acceptors (Lipinski definition) is 6. The number of nitrogens with two attached hydrogens (primary N) is 2. The van der Waals surface area contributed by atoms with Gasteiger partial charge < -0.3 is 10.6 Å². The molecule has 0 aromatic heterocycles. The summed E-state index contributed by atoms with van der Waals surface area (Å²) in [5, 5.41) is 14.6. The zero-order valence-electron chi connectivity index (χ0n) is 10.2. The second-order valence-electron chi connectivity index (χ2n) is 4.42. The van der Waals surface area contributed by atoms with Crippen molar-refractivity contribution in [3.05, 3.63) is 28.3 Å². The standard InChI is InChI=1S/C10H12N4O5S/c11-8-3-6(14(16)17)1-2-9(8)13-5-7(4-10(13)15)20(12,18)19/h1-3,7H,4-5,11H2,(H2,12,18,19). The van der Waals surface area contributed by atoms with E-state index in [-0.39, 0.29) is 30.0 Å². The number of benzene rings is 1. The number of nitro groups is 1. The third-order valence-electron chi connectivity index (χ3n) is 3.07. The Labute approximate surface area is 114 Å². The van der Waals surface area contributed by atoms with Gasteiger partial charge in [0.15, 0.2) is 0 Å². The summed E-state index contributed by atoms with van der Waals surface area (Å²) in [6, 6.07) is 3.63. The van der Waals surface area contributed by atoms with Crippen LogP contribution in [0, 0.1) is 10.1 Å². The Kier molecular flexibility index (Phi) is 3.36. The lowest BCUT2D eigenvalue weighted by molar-refractivity contribution is -0.384. The van der Waals surface area contributed by atoms with Gasteiger partial charge in [0.1, 0.15) is 5.25 Å². The SMILES string of the molecule is Nc1cc([N+](=O)[O-])ccc1N1CC(S(N)(=O)=O)CC1=O. The van der Waals surface area contributed by atoms with Crippen LogP contribution in [0.25, 0.3) is 0 Å². The fourth-order valence-corrected chi connectivity index (χ4v) is 2.76. The van der Waals surface area contributed by atoms with Gasteiger partial charge in [0, 0.05) is 25.1 Å². The predicted molar refractivity (Wildman–Crippen MR) is 71.4 cm³/mol. The van der Waals surface area contributed by atoms with E-state index in [1.54, 1.807) is 0 Å². The molecule has 1 amide bonds. The Morgan fingerprint density at radius 3 is 2.50 bits per heavy atom. The number of nitrogen functional groups attached to an aromatic ring is 1. The molecule has 1 aromatic carbocycles. The molecule has 1 aliphatic heterocycles. The number of amides is 1. The number of carbonyl (C=O) groups excluding carboxylic acids is 1. The van der Waals surface area contributed by atoms with Crippen molar-refractivity contribution in [1.82, 2.24) is 0 Å². The number of non-ortho nitro benzene ring substituents is 1. The molecule has 1 aliphatic rings. The molecule has 0 radical (unpaired) electrons. The van der Waals surface area contributed by atoms with E-state index in [0.29, 0.717) is 0 Å². The van der Waals surface area contributed by atoms with Crippen LogP contribution in [0.5, 0.6) is 0 Å². The molecule has 0 bridgehead atoms. The van der Waals surface area contributed by atoms with Crippen molar-refractivity contribution < 1.29 is 18.1 Å². The zero-order chi connectivity index (χ0) is 15.1. The highest BCUT2D eigenvalue weighted by atomic mass is 32.2. The highest BCUT2D eigenvalue weighted by molar-refractivity contribution is 7.89. The number of primary sulfonamides is 1. The minimum absolute atomic E-state index is 0.0302. The predicted octanol–water partition coefficient (Wildman–Crippen LogP) is -0.429. The monoisotopic (exact) mass is 300 g/mol. The molecule has 10 heteroatoms. The van der Waals surface area contributed by atoms with E-state index in [0.717, 1.165) is 6.07 Å². The molecule has 1 heterocycles. The van der Waals surface area contributed by atoms with E-state index in [1.807, 2.05) is 0 Å². The Morgan fingerprint density at radius 2 is 2.05 bits per heavy atom. The topological polar surface area (TPSA) is 150 Å². The van der Waals surface area contributed by atoms with Gasteiger partial charge in [-0.3, -0.25) is 14.9 Å². The van der Waals surface area contributed by atoms with E-state index >= 15 is 0 Å². The molecule has 0 saturated carbocycles. The average Bonchev–Trinajstić information content (AvgIpc) is 2.71. The largest absolute Gasteiger partial charge is 0.397 e. The molecule has 20 heavy (non-hydrogen) atoms. The second kappa shape index (κ2) is 4.72.